The van der Waals surface area contributed by atoms with Crippen molar-refractivity contribution in [2.75, 3.05) is 88.3 Å². The largest absolute Gasteiger partial charge is 0.478 e. The molecule has 4 aliphatic rings. The number of benzene rings is 2. The lowest BCUT2D eigenvalue weighted by Crippen LogP contribution is -2.54. The van der Waals surface area contributed by atoms with Gasteiger partial charge in [0.1, 0.15) is 11.1 Å². The van der Waals surface area contributed by atoms with Crippen LogP contribution in [0.1, 0.15) is 46.4 Å². The number of rotatable bonds is 13. The highest BCUT2D eigenvalue weighted by atomic mass is 35.5. The number of hydrogen-bond acceptors (Lipinski definition) is 14. The zero-order valence-electron chi connectivity index (χ0n) is 33.9. The molecule has 3 N–H and O–H groups in total. The van der Waals surface area contributed by atoms with Gasteiger partial charge in [-0.3, -0.25) is 43.9 Å². The van der Waals surface area contributed by atoms with Crippen molar-refractivity contribution in [1.29, 1.82) is 0 Å². The summed E-state index contributed by atoms with van der Waals surface area (Å²) in [7, 11) is 3.06. The Balaban J connectivity index is 0.871. The molecule has 4 aromatic rings. The first kappa shape index (κ1) is 41.6. The topological polar surface area (TPSA) is 201 Å². The second-order valence-corrected chi connectivity index (χ2v) is 16.0. The molecule has 1 atom stereocenters. The van der Waals surface area contributed by atoms with E-state index in [0.717, 1.165) is 63.6 Å². The fourth-order valence-electron chi connectivity index (χ4n) is 8.51. The number of pyridine rings is 1. The number of imide groups is 2. The number of carbonyl (C=O) groups excluding carboxylic acids is 5. The molecule has 3 fully saturated rings. The van der Waals surface area contributed by atoms with E-state index in [1.807, 2.05) is 24.3 Å². The van der Waals surface area contributed by atoms with E-state index in [9.17, 15) is 28.8 Å². The third-order valence-electron chi connectivity index (χ3n) is 11.8. The number of halogens is 1. The molecule has 0 bridgehead atoms. The van der Waals surface area contributed by atoms with Gasteiger partial charge < -0.3 is 34.5 Å². The van der Waals surface area contributed by atoms with Crippen molar-refractivity contribution in [2.45, 2.75) is 38.3 Å². The van der Waals surface area contributed by atoms with E-state index >= 15 is 0 Å². The number of fused-ring (bicyclic) bond motifs is 2. The van der Waals surface area contributed by atoms with Crippen molar-refractivity contribution in [1.82, 2.24) is 35.0 Å². The Morgan fingerprint density at radius 2 is 1.74 bits per heavy atom. The van der Waals surface area contributed by atoms with Crippen LogP contribution in [0.2, 0.25) is 5.02 Å². The number of carbonyl (C=O) groups is 5. The lowest BCUT2D eigenvalue weighted by Gasteiger charge is -2.39. The summed E-state index contributed by atoms with van der Waals surface area (Å²) in [5.41, 5.74) is 2.31. The van der Waals surface area contributed by atoms with Crippen molar-refractivity contribution in [3.05, 3.63) is 75.2 Å². The summed E-state index contributed by atoms with van der Waals surface area (Å²) in [5, 5.41) is 9.10. The molecule has 2 aromatic carbocycles. The van der Waals surface area contributed by atoms with E-state index in [2.05, 4.69) is 35.6 Å². The van der Waals surface area contributed by atoms with Crippen molar-refractivity contribution < 1.29 is 33.4 Å². The van der Waals surface area contributed by atoms with Crippen LogP contribution in [0, 0.1) is 5.92 Å². The SMILES string of the molecule is CNC(=O)COc1cc2cc(Nc3nc(N4CCN(CC5CCN(c6cccc7c6C(=O)N(C6CCC(=O)NC6=O)C7=O)CC5)CC4)ncc3Cl)ccc2n(CCOC)c1=O. The highest BCUT2D eigenvalue weighted by Crippen LogP contribution is 2.36. The zero-order valence-corrected chi connectivity index (χ0v) is 34.7. The van der Waals surface area contributed by atoms with Crippen LogP contribution in [-0.2, 0) is 25.7 Å². The van der Waals surface area contributed by atoms with Gasteiger partial charge in [-0.15, -0.1) is 0 Å². The molecule has 2 aromatic heterocycles. The molecular formula is C42H47ClN10O8. The fourth-order valence-corrected chi connectivity index (χ4v) is 8.65. The number of piperazine rings is 1. The van der Waals surface area contributed by atoms with Crippen molar-refractivity contribution in [3.63, 3.8) is 0 Å². The van der Waals surface area contributed by atoms with Crippen LogP contribution in [-0.4, -0.2) is 133 Å². The van der Waals surface area contributed by atoms with E-state index in [4.69, 9.17) is 26.1 Å². The standard InChI is InChI=1S/C42H47ClN10O8/c1-44-35(55)24-61-33-21-26-20-27(6-7-30(26)52(40(33)58)18-19-60-2)46-37-29(43)22-45-42(48-37)51-16-14-49(15-17-51)23-25-10-12-50(13-11-25)31-5-3-4-28-36(31)41(59)53(39(28)57)32-8-9-34(54)47-38(32)56/h3-7,20-22,25,32H,8-19,23-24H2,1-2H3,(H,44,55)(H,45,46,48)(H,47,54,56). The zero-order chi connectivity index (χ0) is 42.8. The Morgan fingerprint density at radius 3 is 2.48 bits per heavy atom. The second kappa shape index (κ2) is 17.9. The van der Waals surface area contributed by atoms with E-state index in [0.29, 0.717) is 69.3 Å². The van der Waals surface area contributed by atoms with Gasteiger partial charge in [0.05, 0.1) is 35.1 Å². The van der Waals surface area contributed by atoms with Gasteiger partial charge in [-0.25, -0.2) is 4.98 Å². The summed E-state index contributed by atoms with van der Waals surface area (Å²) in [4.78, 5) is 93.5. The molecule has 61 heavy (non-hydrogen) atoms. The lowest BCUT2D eigenvalue weighted by molar-refractivity contribution is -0.136. The number of ether oxygens (including phenoxy) is 2. The Hall–Kier alpha value is -6.11. The number of methoxy groups -OCH3 is 1. The molecule has 4 aliphatic heterocycles. The first-order valence-electron chi connectivity index (χ1n) is 20.4. The van der Waals surface area contributed by atoms with E-state index in [1.54, 1.807) is 36.1 Å². The van der Waals surface area contributed by atoms with E-state index in [1.165, 1.54) is 7.05 Å². The number of nitrogens with one attached hydrogen (secondary N) is 3. The fraction of sp³-hybridized carbons (Fsp3) is 0.429. The highest BCUT2D eigenvalue weighted by molar-refractivity contribution is 6.33. The molecule has 320 valence electrons. The maximum Gasteiger partial charge on any atom is 0.293 e. The third-order valence-corrected chi connectivity index (χ3v) is 12.1. The molecule has 0 spiro atoms. The summed E-state index contributed by atoms with van der Waals surface area (Å²) in [6.07, 6.45) is 3.61. The average Bonchev–Trinajstić information content (AvgIpc) is 3.52. The Kier molecular flexibility index (Phi) is 12.2. The maximum absolute atomic E-state index is 13.7. The van der Waals surface area contributed by atoms with Gasteiger partial charge in [-0.1, -0.05) is 17.7 Å². The van der Waals surface area contributed by atoms with Gasteiger partial charge in [0.15, 0.2) is 18.2 Å². The molecule has 1 unspecified atom stereocenters. The lowest BCUT2D eigenvalue weighted by atomic mass is 9.94. The van der Waals surface area contributed by atoms with E-state index in [-0.39, 0.29) is 36.7 Å². The number of likely N-dealkylation sites (N-methyl/N-ethyl adjacent to an activating group) is 1. The quantitative estimate of drug-likeness (QED) is 0.166. The van der Waals surface area contributed by atoms with Crippen molar-refractivity contribution in [3.8, 4) is 5.75 Å². The number of nitrogens with zero attached hydrogens (tertiary/aromatic N) is 7. The third kappa shape index (κ3) is 8.60. The molecule has 5 amide bonds. The summed E-state index contributed by atoms with van der Waals surface area (Å²) in [6.45, 7) is 5.80. The van der Waals surface area contributed by atoms with Gasteiger partial charge in [-0.05, 0) is 61.6 Å². The first-order valence-corrected chi connectivity index (χ1v) is 20.8. The highest BCUT2D eigenvalue weighted by Gasteiger charge is 2.46. The van der Waals surface area contributed by atoms with Gasteiger partial charge in [0.25, 0.3) is 23.3 Å². The van der Waals surface area contributed by atoms with Crippen LogP contribution in [0.3, 0.4) is 0 Å². The summed E-state index contributed by atoms with van der Waals surface area (Å²) < 4.78 is 12.4. The average molecular weight is 855 g/mol. The van der Waals surface area contributed by atoms with Crippen LogP contribution in [0.25, 0.3) is 10.9 Å². The summed E-state index contributed by atoms with van der Waals surface area (Å²) in [6, 6.07) is 11.4. The molecular weight excluding hydrogens is 808 g/mol. The molecule has 3 saturated heterocycles. The van der Waals surface area contributed by atoms with E-state index < -0.39 is 29.7 Å². The first-order chi connectivity index (χ1) is 29.5. The molecule has 6 heterocycles. The minimum Gasteiger partial charge on any atom is -0.478 e. The number of piperidine rings is 2. The normalized spacial score (nSPS) is 18.7. The van der Waals surface area contributed by atoms with Crippen molar-refractivity contribution in [2.24, 2.45) is 5.92 Å². The molecule has 0 aliphatic carbocycles. The predicted octanol–water partition coefficient (Wildman–Crippen LogP) is 2.40. The van der Waals surface area contributed by atoms with Crippen molar-refractivity contribution >= 4 is 75.2 Å². The van der Waals surface area contributed by atoms with Gasteiger partial charge >= 0.3 is 0 Å². The number of aromatic nitrogens is 3. The van der Waals surface area contributed by atoms with Crippen LogP contribution in [0.4, 0.5) is 23.1 Å². The molecule has 8 rings (SSSR count). The van der Waals surface area contributed by atoms with Gasteiger partial charge in [-0.2, -0.15) is 4.98 Å². The summed E-state index contributed by atoms with van der Waals surface area (Å²) >= 11 is 6.59. The Morgan fingerprint density at radius 1 is 0.951 bits per heavy atom. The molecule has 0 radical (unpaired) electrons. The monoisotopic (exact) mass is 854 g/mol. The maximum atomic E-state index is 13.7. The minimum atomic E-state index is -1.000. The van der Waals surface area contributed by atoms with Crippen LogP contribution < -0.4 is 36.0 Å². The molecule has 18 nitrogen and oxygen atoms in total. The molecule has 19 heteroatoms. The second-order valence-electron chi connectivity index (χ2n) is 15.6. The summed E-state index contributed by atoms with van der Waals surface area (Å²) in [5.74, 6) is -0.880. The predicted molar refractivity (Wildman–Crippen MR) is 227 cm³/mol. The Bertz CT molecular complexity index is 2450. The number of anilines is 4. The smallest absolute Gasteiger partial charge is 0.293 e. The van der Waals surface area contributed by atoms with Gasteiger partial charge in [0.2, 0.25) is 17.8 Å². The molecule has 0 saturated carbocycles. The number of amides is 5. The van der Waals surface area contributed by atoms with Crippen LogP contribution in [0.15, 0.2) is 53.5 Å². The van der Waals surface area contributed by atoms with Crippen LogP contribution >= 0.6 is 11.6 Å². The van der Waals surface area contributed by atoms with Crippen LogP contribution in [0.5, 0.6) is 5.75 Å². The minimum absolute atomic E-state index is 0.0457. The Labute approximate surface area is 356 Å². The number of hydrogen-bond donors (Lipinski definition) is 3. The van der Waals surface area contributed by atoms with Gasteiger partial charge in [0, 0.05) is 84.0 Å².